The second kappa shape index (κ2) is 4.79. The molecule has 0 aliphatic heterocycles. The summed E-state index contributed by atoms with van der Waals surface area (Å²) in [5.41, 5.74) is 0. The molecule has 1 aliphatic rings. The maximum absolute atomic E-state index is 10.8. The first-order valence-electron chi connectivity index (χ1n) is 4.76. The van der Waals surface area contributed by atoms with Crippen LogP contribution in [0.4, 0.5) is 0 Å². The Balaban J connectivity index is 2.55. The number of nitrogens with zero attached hydrogens (tertiary/aromatic N) is 1. The molecular formula is C10H15NO3. The Morgan fingerprint density at radius 1 is 1.79 bits per heavy atom. The van der Waals surface area contributed by atoms with Crippen molar-refractivity contribution in [2.24, 2.45) is 0 Å². The molecule has 78 valence electrons. The van der Waals surface area contributed by atoms with E-state index in [-0.39, 0.29) is 18.5 Å². The molecule has 1 rings (SSSR count). The van der Waals surface area contributed by atoms with Gasteiger partial charge in [-0.25, -0.2) is 0 Å². The number of hydrogen-bond acceptors (Lipinski definition) is 2. The molecule has 1 aliphatic carbocycles. The van der Waals surface area contributed by atoms with Crippen LogP contribution in [0, 0.1) is 0 Å². The Bertz CT molecular complexity index is 250. The predicted octanol–water partition coefficient (Wildman–Crippen LogP) is 1.03. The van der Waals surface area contributed by atoms with Gasteiger partial charge in [0.1, 0.15) is 0 Å². The van der Waals surface area contributed by atoms with Crippen LogP contribution >= 0.6 is 0 Å². The highest BCUT2D eigenvalue weighted by atomic mass is 16.4. The molecule has 2 unspecified atom stereocenters. The summed E-state index contributed by atoms with van der Waals surface area (Å²) in [5, 5.41) is 8.61. The van der Waals surface area contributed by atoms with Crippen molar-refractivity contribution >= 4 is 12.4 Å². The highest BCUT2D eigenvalue weighted by molar-refractivity contribution is 5.68. The van der Waals surface area contributed by atoms with Gasteiger partial charge in [0.2, 0.25) is 6.41 Å². The molecule has 14 heavy (non-hydrogen) atoms. The number of rotatable bonds is 5. The summed E-state index contributed by atoms with van der Waals surface area (Å²) in [5.74, 6) is -0.869. The van der Waals surface area contributed by atoms with Crippen molar-refractivity contribution in [2.75, 3.05) is 0 Å². The molecule has 0 radical (unpaired) electrons. The Labute approximate surface area is 83.2 Å². The number of aliphatic carboxylic acids is 1. The van der Waals surface area contributed by atoms with E-state index in [1.54, 1.807) is 11.8 Å². The molecule has 0 fully saturated rings. The quantitative estimate of drug-likeness (QED) is 0.529. The maximum Gasteiger partial charge on any atom is 0.305 e. The molecule has 0 heterocycles. The summed E-state index contributed by atoms with van der Waals surface area (Å²) in [6.45, 7) is 1.76. The van der Waals surface area contributed by atoms with Gasteiger partial charge in [-0.1, -0.05) is 12.2 Å². The average molecular weight is 197 g/mol. The number of carboxylic acids is 1. The van der Waals surface area contributed by atoms with E-state index in [9.17, 15) is 9.59 Å². The van der Waals surface area contributed by atoms with Gasteiger partial charge in [-0.2, -0.15) is 0 Å². The SMILES string of the molecule is CC(CC(=O)O)N(C=O)C1C=CCC1. The lowest BCUT2D eigenvalue weighted by atomic mass is 10.1. The highest BCUT2D eigenvalue weighted by Gasteiger charge is 2.23. The molecular weight excluding hydrogens is 182 g/mol. The first-order chi connectivity index (χ1) is 6.65. The molecule has 0 aromatic heterocycles. The van der Waals surface area contributed by atoms with E-state index in [4.69, 9.17) is 5.11 Å². The third-order valence-corrected chi connectivity index (χ3v) is 2.47. The summed E-state index contributed by atoms with van der Waals surface area (Å²) < 4.78 is 0. The molecule has 0 aromatic carbocycles. The number of allylic oxidation sites excluding steroid dienone is 1. The normalized spacial score (nSPS) is 21.9. The maximum atomic E-state index is 10.8. The summed E-state index contributed by atoms with van der Waals surface area (Å²) >= 11 is 0. The van der Waals surface area contributed by atoms with Crippen LogP contribution in [0.5, 0.6) is 0 Å². The van der Waals surface area contributed by atoms with E-state index >= 15 is 0 Å². The molecule has 4 nitrogen and oxygen atoms in total. The van der Waals surface area contributed by atoms with Gasteiger partial charge in [-0.3, -0.25) is 9.59 Å². The first-order valence-corrected chi connectivity index (χ1v) is 4.76. The monoisotopic (exact) mass is 197 g/mol. The lowest BCUT2D eigenvalue weighted by Gasteiger charge is -2.29. The smallest absolute Gasteiger partial charge is 0.305 e. The number of carbonyl (C=O) groups excluding carboxylic acids is 1. The van der Waals surface area contributed by atoms with Crippen LogP contribution in [0.15, 0.2) is 12.2 Å². The molecule has 0 saturated carbocycles. The molecule has 0 bridgehead atoms. The van der Waals surface area contributed by atoms with E-state index in [1.165, 1.54) is 0 Å². The summed E-state index contributed by atoms with van der Waals surface area (Å²) in [4.78, 5) is 22.9. The lowest BCUT2D eigenvalue weighted by Crippen LogP contribution is -2.40. The van der Waals surface area contributed by atoms with Gasteiger partial charge in [0, 0.05) is 6.04 Å². The van der Waals surface area contributed by atoms with Crippen molar-refractivity contribution in [1.82, 2.24) is 4.90 Å². The predicted molar refractivity (Wildman–Crippen MR) is 51.8 cm³/mol. The van der Waals surface area contributed by atoms with Crippen LogP contribution in [-0.4, -0.2) is 34.5 Å². The fourth-order valence-electron chi connectivity index (χ4n) is 1.73. The van der Waals surface area contributed by atoms with Gasteiger partial charge in [0.05, 0.1) is 12.5 Å². The third kappa shape index (κ3) is 2.58. The van der Waals surface area contributed by atoms with Crippen LogP contribution in [0.25, 0.3) is 0 Å². The summed E-state index contributed by atoms with van der Waals surface area (Å²) in [7, 11) is 0. The second-order valence-electron chi connectivity index (χ2n) is 3.57. The van der Waals surface area contributed by atoms with Gasteiger partial charge in [0.25, 0.3) is 0 Å². The minimum absolute atomic E-state index is 0.00306. The summed E-state index contributed by atoms with van der Waals surface area (Å²) in [6.07, 6.45) is 6.61. The molecule has 1 N–H and O–H groups in total. The van der Waals surface area contributed by atoms with Crippen LogP contribution < -0.4 is 0 Å². The number of hydrogen-bond donors (Lipinski definition) is 1. The van der Waals surface area contributed by atoms with Crippen LogP contribution in [-0.2, 0) is 9.59 Å². The second-order valence-corrected chi connectivity index (χ2v) is 3.57. The zero-order valence-corrected chi connectivity index (χ0v) is 8.22. The number of carbonyl (C=O) groups is 2. The molecule has 1 amide bonds. The van der Waals surface area contributed by atoms with E-state index in [0.717, 1.165) is 19.3 Å². The van der Waals surface area contributed by atoms with Crippen LogP contribution in [0.3, 0.4) is 0 Å². The Morgan fingerprint density at radius 3 is 2.93 bits per heavy atom. The Kier molecular flexibility index (Phi) is 3.68. The zero-order chi connectivity index (χ0) is 10.6. The molecule has 0 aromatic rings. The molecule has 2 atom stereocenters. The number of amides is 1. The highest BCUT2D eigenvalue weighted by Crippen LogP contribution is 2.18. The Hall–Kier alpha value is -1.32. The van der Waals surface area contributed by atoms with E-state index in [0.29, 0.717) is 0 Å². The van der Waals surface area contributed by atoms with Crippen LogP contribution in [0.2, 0.25) is 0 Å². The van der Waals surface area contributed by atoms with Crippen molar-refractivity contribution in [3.05, 3.63) is 12.2 Å². The van der Waals surface area contributed by atoms with Crippen molar-refractivity contribution in [3.8, 4) is 0 Å². The van der Waals surface area contributed by atoms with Gasteiger partial charge >= 0.3 is 5.97 Å². The van der Waals surface area contributed by atoms with E-state index in [2.05, 4.69) is 0 Å². The molecule has 4 heteroatoms. The molecule has 0 saturated heterocycles. The fraction of sp³-hybridized carbons (Fsp3) is 0.600. The van der Waals surface area contributed by atoms with Crippen molar-refractivity contribution < 1.29 is 14.7 Å². The molecule has 0 spiro atoms. The fourth-order valence-corrected chi connectivity index (χ4v) is 1.73. The largest absolute Gasteiger partial charge is 0.481 e. The topological polar surface area (TPSA) is 57.6 Å². The minimum Gasteiger partial charge on any atom is -0.481 e. The zero-order valence-electron chi connectivity index (χ0n) is 8.22. The Morgan fingerprint density at radius 2 is 2.50 bits per heavy atom. The van der Waals surface area contributed by atoms with Crippen LogP contribution in [0.1, 0.15) is 26.2 Å². The standard InChI is InChI=1S/C10H15NO3/c1-8(6-10(13)14)11(7-12)9-4-2-3-5-9/h2,4,7-9H,3,5-6H2,1H3,(H,13,14). The van der Waals surface area contributed by atoms with Gasteiger partial charge in [-0.05, 0) is 19.8 Å². The van der Waals surface area contributed by atoms with Gasteiger partial charge in [-0.15, -0.1) is 0 Å². The lowest BCUT2D eigenvalue weighted by molar-refractivity contribution is -0.139. The number of carboxylic acid groups (broad SMARTS) is 1. The minimum atomic E-state index is -0.869. The van der Waals surface area contributed by atoms with E-state index in [1.807, 2.05) is 12.2 Å². The first kappa shape index (κ1) is 10.8. The van der Waals surface area contributed by atoms with Crippen molar-refractivity contribution in [1.29, 1.82) is 0 Å². The van der Waals surface area contributed by atoms with Gasteiger partial charge in [0.15, 0.2) is 0 Å². The summed E-state index contributed by atoms with van der Waals surface area (Å²) in [6, 6.07) is -0.153. The van der Waals surface area contributed by atoms with Crippen molar-refractivity contribution in [3.63, 3.8) is 0 Å². The third-order valence-electron chi connectivity index (χ3n) is 2.47. The van der Waals surface area contributed by atoms with Gasteiger partial charge < -0.3 is 10.0 Å². The van der Waals surface area contributed by atoms with Crippen molar-refractivity contribution in [2.45, 2.75) is 38.3 Å². The van der Waals surface area contributed by atoms with E-state index < -0.39 is 5.97 Å². The average Bonchev–Trinajstić information content (AvgIpc) is 2.57.